The van der Waals surface area contributed by atoms with Crippen LogP contribution in [0.25, 0.3) is 11.4 Å². The van der Waals surface area contributed by atoms with Crippen molar-refractivity contribution in [1.29, 1.82) is 0 Å². The van der Waals surface area contributed by atoms with Gasteiger partial charge in [0.2, 0.25) is 5.82 Å². The van der Waals surface area contributed by atoms with Crippen molar-refractivity contribution in [2.45, 2.75) is 38.9 Å². The van der Waals surface area contributed by atoms with E-state index in [1.807, 2.05) is 48.2 Å². The summed E-state index contributed by atoms with van der Waals surface area (Å²) in [5.74, 6) is 0.545. The van der Waals surface area contributed by atoms with Gasteiger partial charge >= 0.3 is 6.03 Å². The van der Waals surface area contributed by atoms with E-state index >= 15 is 0 Å². The lowest BCUT2D eigenvalue weighted by Crippen LogP contribution is -2.36. The lowest BCUT2D eigenvalue weighted by atomic mass is 10.2. The van der Waals surface area contributed by atoms with Gasteiger partial charge in [-0.05, 0) is 54.8 Å². The van der Waals surface area contributed by atoms with Gasteiger partial charge in [-0.1, -0.05) is 12.1 Å². The van der Waals surface area contributed by atoms with E-state index in [0.29, 0.717) is 30.6 Å². The summed E-state index contributed by atoms with van der Waals surface area (Å²) in [5, 5.41) is 15.4. The van der Waals surface area contributed by atoms with Crippen molar-refractivity contribution in [2.75, 3.05) is 5.32 Å². The predicted molar refractivity (Wildman–Crippen MR) is 101 cm³/mol. The number of rotatable bonds is 6. The minimum atomic E-state index is -0.100. The summed E-state index contributed by atoms with van der Waals surface area (Å²) in [6.45, 7) is 3.19. The Balaban J connectivity index is 1.48. The number of aryl methyl sites for hydroxylation is 1. The van der Waals surface area contributed by atoms with Gasteiger partial charge in [0.05, 0.1) is 6.54 Å². The zero-order chi connectivity index (χ0) is 18.6. The highest BCUT2D eigenvalue weighted by Crippen LogP contribution is 2.29. The highest BCUT2D eigenvalue weighted by Gasteiger charge is 2.32. The molecule has 0 spiro atoms. The molecule has 1 aromatic carbocycles. The topological polar surface area (TPSA) is 88.8 Å². The van der Waals surface area contributed by atoms with Gasteiger partial charge in [-0.3, -0.25) is 4.98 Å². The van der Waals surface area contributed by atoms with Crippen LogP contribution in [0.4, 0.5) is 10.5 Å². The number of aromatic nitrogens is 5. The van der Waals surface area contributed by atoms with Gasteiger partial charge in [-0.15, -0.1) is 10.2 Å². The van der Waals surface area contributed by atoms with Crippen LogP contribution >= 0.6 is 0 Å². The van der Waals surface area contributed by atoms with Crippen LogP contribution in [0.3, 0.4) is 0 Å². The van der Waals surface area contributed by atoms with Gasteiger partial charge in [0.15, 0.2) is 0 Å². The number of carbonyl (C=O) groups excluding carboxylic acids is 1. The van der Waals surface area contributed by atoms with Gasteiger partial charge in [0.1, 0.15) is 0 Å². The number of anilines is 1. The van der Waals surface area contributed by atoms with Gasteiger partial charge in [0, 0.05) is 36.2 Å². The number of nitrogens with one attached hydrogen (secondary N) is 1. The first-order valence-electron chi connectivity index (χ1n) is 9.07. The second-order valence-corrected chi connectivity index (χ2v) is 6.53. The standard InChI is InChI=1S/C19H21N7O/c1-2-26-23-18(22-24-26)15-4-3-5-16(12-15)21-19(27)25(17-6-7-17)13-14-8-10-20-11-9-14/h3-5,8-12,17H,2,6-7,13H2,1H3,(H,21,27). The Morgan fingerprint density at radius 1 is 1.26 bits per heavy atom. The van der Waals surface area contributed by atoms with Crippen LogP contribution in [0, 0.1) is 0 Å². The van der Waals surface area contributed by atoms with Crippen LogP contribution in [0.15, 0.2) is 48.8 Å². The van der Waals surface area contributed by atoms with E-state index in [9.17, 15) is 4.79 Å². The van der Waals surface area contributed by atoms with E-state index in [-0.39, 0.29) is 6.03 Å². The summed E-state index contributed by atoms with van der Waals surface area (Å²) in [6, 6.07) is 11.6. The first kappa shape index (κ1) is 17.1. The molecule has 0 aliphatic heterocycles. The Morgan fingerprint density at radius 3 is 2.78 bits per heavy atom. The number of benzene rings is 1. The minimum Gasteiger partial charge on any atom is -0.317 e. The fourth-order valence-electron chi connectivity index (χ4n) is 2.86. The smallest absolute Gasteiger partial charge is 0.317 e. The molecular weight excluding hydrogens is 342 g/mol. The maximum absolute atomic E-state index is 12.8. The first-order chi connectivity index (χ1) is 13.2. The molecule has 8 nitrogen and oxygen atoms in total. The Labute approximate surface area is 157 Å². The fraction of sp³-hybridized carbons (Fsp3) is 0.316. The molecule has 3 aromatic rings. The van der Waals surface area contributed by atoms with Gasteiger partial charge < -0.3 is 10.2 Å². The van der Waals surface area contributed by atoms with Crippen molar-refractivity contribution in [1.82, 2.24) is 30.1 Å². The summed E-state index contributed by atoms with van der Waals surface area (Å²) < 4.78 is 0. The number of nitrogens with zero attached hydrogens (tertiary/aromatic N) is 6. The minimum absolute atomic E-state index is 0.100. The third kappa shape index (κ3) is 4.11. The molecule has 2 amide bonds. The third-order valence-electron chi connectivity index (χ3n) is 4.46. The summed E-state index contributed by atoms with van der Waals surface area (Å²) >= 11 is 0. The molecule has 2 heterocycles. The van der Waals surface area contributed by atoms with E-state index in [1.54, 1.807) is 12.4 Å². The average Bonchev–Trinajstić information content (AvgIpc) is 3.42. The lowest BCUT2D eigenvalue weighted by Gasteiger charge is -2.23. The monoisotopic (exact) mass is 363 g/mol. The molecule has 1 aliphatic rings. The van der Waals surface area contributed by atoms with Crippen LogP contribution in [0.5, 0.6) is 0 Å². The van der Waals surface area contributed by atoms with Crippen molar-refractivity contribution in [3.8, 4) is 11.4 Å². The number of hydrogen-bond acceptors (Lipinski definition) is 5. The lowest BCUT2D eigenvalue weighted by molar-refractivity contribution is 0.206. The Bertz CT molecular complexity index is 921. The fourth-order valence-corrected chi connectivity index (χ4v) is 2.86. The predicted octanol–water partition coefficient (Wildman–Crippen LogP) is 2.95. The molecule has 27 heavy (non-hydrogen) atoms. The van der Waals surface area contributed by atoms with E-state index < -0.39 is 0 Å². The number of hydrogen-bond donors (Lipinski definition) is 1. The molecule has 1 fully saturated rings. The highest BCUT2D eigenvalue weighted by molar-refractivity contribution is 5.90. The molecule has 0 bridgehead atoms. The molecule has 8 heteroatoms. The summed E-state index contributed by atoms with van der Waals surface area (Å²) in [4.78, 5) is 20.3. The molecule has 0 atom stereocenters. The summed E-state index contributed by atoms with van der Waals surface area (Å²) in [5.41, 5.74) is 2.60. The molecule has 138 valence electrons. The Hall–Kier alpha value is -3.29. The van der Waals surface area contributed by atoms with Gasteiger partial charge in [0.25, 0.3) is 0 Å². The van der Waals surface area contributed by atoms with Crippen molar-refractivity contribution >= 4 is 11.7 Å². The van der Waals surface area contributed by atoms with Crippen molar-refractivity contribution < 1.29 is 4.79 Å². The maximum atomic E-state index is 12.8. The van der Waals surface area contributed by atoms with Crippen LogP contribution < -0.4 is 5.32 Å². The molecular formula is C19H21N7O. The zero-order valence-corrected chi connectivity index (χ0v) is 15.1. The van der Waals surface area contributed by atoms with E-state index in [0.717, 1.165) is 24.0 Å². The van der Waals surface area contributed by atoms with E-state index in [2.05, 4.69) is 25.7 Å². The normalized spacial score (nSPS) is 13.4. The molecule has 1 N–H and O–H groups in total. The number of tetrazole rings is 1. The molecule has 0 radical (unpaired) electrons. The van der Waals surface area contributed by atoms with E-state index in [1.165, 1.54) is 4.80 Å². The number of amides is 2. The van der Waals surface area contributed by atoms with Crippen molar-refractivity contribution in [2.24, 2.45) is 0 Å². The van der Waals surface area contributed by atoms with Crippen LogP contribution in [-0.2, 0) is 13.1 Å². The largest absolute Gasteiger partial charge is 0.322 e. The van der Waals surface area contributed by atoms with Gasteiger partial charge in [-0.25, -0.2) is 4.79 Å². The Kier molecular flexibility index (Phi) is 4.78. The molecule has 1 saturated carbocycles. The first-order valence-corrected chi connectivity index (χ1v) is 9.07. The summed E-state index contributed by atoms with van der Waals surface area (Å²) in [7, 11) is 0. The second-order valence-electron chi connectivity index (χ2n) is 6.53. The number of carbonyl (C=O) groups is 1. The quantitative estimate of drug-likeness (QED) is 0.727. The van der Waals surface area contributed by atoms with Crippen molar-refractivity contribution in [3.05, 3.63) is 54.4 Å². The molecule has 4 rings (SSSR count). The average molecular weight is 363 g/mol. The van der Waals surface area contributed by atoms with Crippen LogP contribution in [0.2, 0.25) is 0 Å². The molecule has 2 aromatic heterocycles. The number of pyridine rings is 1. The molecule has 1 aliphatic carbocycles. The van der Waals surface area contributed by atoms with Crippen molar-refractivity contribution in [3.63, 3.8) is 0 Å². The van der Waals surface area contributed by atoms with Crippen LogP contribution in [-0.4, -0.2) is 42.2 Å². The second kappa shape index (κ2) is 7.53. The zero-order valence-electron chi connectivity index (χ0n) is 15.1. The molecule has 0 unspecified atom stereocenters. The highest BCUT2D eigenvalue weighted by atomic mass is 16.2. The summed E-state index contributed by atoms with van der Waals surface area (Å²) in [6.07, 6.45) is 5.59. The number of urea groups is 1. The molecule has 0 saturated heterocycles. The van der Waals surface area contributed by atoms with E-state index in [4.69, 9.17) is 0 Å². The SMILES string of the molecule is CCn1nnc(-c2cccc(NC(=O)N(Cc3ccncc3)C3CC3)c2)n1. The third-order valence-corrected chi connectivity index (χ3v) is 4.46. The maximum Gasteiger partial charge on any atom is 0.322 e. The van der Waals surface area contributed by atoms with Crippen LogP contribution in [0.1, 0.15) is 25.3 Å². The van der Waals surface area contributed by atoms with Gasteiger partial charge in [-0.2, -0.15) is 4.80 Å². The Morgan fingerprint density at radius 2 is 2.07 bits per heavy atom.